The second kappa shape index (κ2) is 15.8. The molecule has 1 aromatic heterocycles. The van der Waals surface area contributed by atoms with Crippen LogP contribution in [0.3, 0.4) is 0 Å². The van der Waals surface area contributed by atoms with E-state index in [1.807, 2.05) is 0 Å². The lowest BCUT2D eigenvalue weighted by Gasteiger charge is -2.26. The number of benzene rings is 11. The molecule has 0 N–H and O–H groups in total. The highest BCUT2D eigenvalue weighted by atomic mass is 16.3. The highest BCUT2D eigenvalue weighted by molar-refractivity contribution is 6.21. The Morgan fingerprint density at radius 1 is 0.250 bits per heavy atom. The molecule has 12 aromatic rings. The van der Waals surface area contributed by atoms with E-state index in [0.717, 1.165) is 61.3 Å². The zero-order chi connectivity index (χ0) is 42.4. The molecule has 0 unspecified atom stereocenters. The average Bonchev–Trinajstić information content (AvgIpc) is 3.77. The summed E-state index contributed by atoms with van der Waals surface area (Å²) < 4.78 is 7.04. The second-order valence-corrected chi connectivity index (χ2v) is 16.4. The van der Waals surface area contributed by atoms with Gasteiger partial charge in [0.05, 0.1) is 5.69 Å². The van der Waals surface area contributed by atoms with E-state index in [1.165, 1.54) is 54.9 Å². The molecule has 0 atom stereocenters. The van der Waals surface area contributed by atoms with E-state index in [1.54, 1.807) is 0 Å². The molecule has 11 aromatic carbocycles. The van der Waals surface area contributed by atoms with Crippen molar-refractivity contribution in [3.05, 3.63) is 249 Å². The number of rotatable bonds is 8. The normalized spacial score (nSPS) is 11.4. The first-order chi connectivity index (χ1) is 31.8. The third-order valence-electron chi connectivity index (χ3n) is 12.6. The Morgan fingerprint density at radius 3 is 1.38 bits per heavy atom. The summed E-state index contributed by atoms with van der Waals surface area (Å²) in [4.78, 5) is 2.35. The van der Waals surface area contributed by atoms with Crippen LogP contribution in [-0.2, 0) is 0 Å². The van der Waals surface area contributed by atoms with Crippen LogP contribution in [0.4, 0.5) is 17.1 Å². The van der Waals surface area contributed by atoms with Crippen molar-refractivity contribution in [2.75, 3.05) is 4.90 Å². The number of anilines is 3. The van der Waals surface area contributed by atoms with Crippen molar-refractivity contribution in [2.45, 2.75) is 0 Å². The Kier molecular flexibility index (Phi) is 9.20. The Hall–Kier alpha value is -8.46. The largest absolute Gasteiger partial charge is 0.453 e. The molecule has 0 aliphatic heterocycles. The first-order valence-electron chi connectivity index (χ1n) is 21.9. The van der Waals surface area contributed by atoms with Crippen molar-refractivity contribution >= 4 is 60.5 Å². The zero-order valence-corrected chi connectivity index (χ0v) is 35.0. The van der Waals surface area contributed by atoms with Gasteiger partial charge in [-0.15, -0.1) is 0 Å². The van der Waals surface area contributed by atoms with E-state index >= 15 is 0 Å². The highest BCUT2D eigenvalue weighted by Crippen LogP contribution is 2.47. The Bertz CT molecular complexity index is 3650. The molecule has 12 rings (SSSR count). The maximum absolute atomic E-state index is 7.04. The minimum Gasteiger partial charge on any atom is -0.453 e. The van der Waals surface area contributed by atoms with Crippen LogP contribution in [0.1, 0.15) is 0 Å². The van der Waals surface area contributed by atoms with Gasteiger partial charge in [-0.1, -0.05) is 212 Å². The number of furan rings is 1. The molecule has 1 heterocycles. The third kappa shape index (κ3) is 6.44. The summed E-state index contributed by atoms with van der Waals surface area (Å²) >= 11 is 0. The van der Waals surface area contributed by atoms with Crippen molar-refractivity contribution in [1.29, 1.82) is 0 Å². The summed E-state index contributed by atoms with van der Waals surface area (Å²) in [7, 11) is 0. The minimum atomic E-state index is 0.844. The molecule has 0 amide bonds. The number of para-hydroxylation sites is 2. The lowest BCUT2D eigenvalue weighted by atomic mass is 9.84. The van der Waals surface area contributed by atoms with Crippen molar-refractivity contribution in [2.24, 2.45) is 0 Å². The van der Waals surface area contributed by atoms with E-state index in [0.29, 0.717) is 0 Å². The van der Waals surface area contributed by atoms with Gasteiger partial charge in [-0.05, 0) is 108 Å². The lowest BCUT2D eigenvalue weighted by Crippen LogP contribution is -2.10. The molecule has 0 aliphatic carbocycles. The topological polar surface area (TPSA) is 16.4 Å². The molecule has 0 saturated carbocycles. The Labute approximate surface area is 372 Å². The molecule has 0 fully saturated rings. The first kappa shape index (κ1) is 37.3. The predicted octanol–water partition coefficient (Wildman–Crippen LogP) is 17.7. The van der Waals surface area contributed by atoms with E-state index in [-0.39, 0.29) is 0 Å². The Balaban J connectivity index is 1.04. The van der Waals surface area contributed by atoms with E-state index in [9.17, 15) is 0 Å². The van der Waals surface area contributed by atoms with Gasteiger partial charge in [-0.2, -0.15) is 0 Å². The van der Waals surface area contributed by atoms with Gasteiger partial charge in [0, 0.05) is 27.7 Å². The van der Waals surface area contributed by atoms with Crippen LogP contribution in [-0.4, -0.2) is 0 Å². The fourth-order valence-corrected chi connectivity index (χ4v) is 9.71. The lowest BCUT2D eigenvalue weighted by molar-refractivity contribution is 0.670. The fourth-order valence-electron chi connectivity index (χ4n) is 9.71. The van der Waals surface area contributed by atoms with Crippen LogP contribution in [0, 0.1) is 0 Å². The maximum atomic E-state index is 7.04. The molecule has 2 heteroatoms. The van der Waals surface area contributed by atoms with Crippen molar-refractivity contribution in [1.82, 2.24) is 0 Å². The summed E-state index contributed by atoms with van der Waals surface area (Å²) in [6.07, 6.45) is 0. The smallest absolute Gasteiger partial charge is 0.159 e. The monoisotopic (exact) mass is 815 g/mol. The van der Waals surface area contributed by atoms with Crippen LogP contribution in [0.25, 0.3) is 99.1 Å². The second-order valence-electron chi connectivity index (χ2n) is 16.4. The number of nitrogens with zero attached hydrogens (tertiary/aromatic N) is 1. The Morgan fingerprint density at radius 2 is 0.703 bits per heavy atom. The zero-order valence-electron chi connectivity index (χ0n) is 35.0. The molecule has 0 aliphatic rings. The molecule has 2 nitrogen and oxygen atoms in total. The fraction of sp³-hybridized carbons (Fsp3) is 0. The van der Waals surface area contributed by atoms with Gasteiger partial charge in [0.25, 0.3) is 0 Å². The molecule has 0 radical (unpaired) electrons. The van der Waals surface area contributed by atoms with Crippen LogP contribution < -0.4 is 4.90 Å². The van der Waals surface area contributed by atoms with Gasteiger partial charge in [0.2, 0.25) is 0 Å². The molecule has 0 bridgehead atoms. The van der Waals surface area contributed by atoms with E-state index in [4.69, 9.17) is 4.42 Å². The van der Waals surface area contributed by atoms with Gasteiger partial charge in [0.15, 0.2) is 5.58 Å². The molecule has 0 spiro atoms. The minimum absolute atomic E-state index is 0.844. The molecular formula is C62H41NO. The highest BCUT2D eigenvalue weighted by Gasteiger charge is 2.22. The van der Waals surface area contributed by atoms with Crippen LogP contribution in [0.5, 0.6) is 0 Å². The van der Waals surface area contributed by atoms with Crippen LogP contribution in [0.2, 0.25) is 0 Å². The van der Waals surface area contributed by atoms with Gasteiger partial charge in [-0.3, -0.25) is 0 Å². The number of hydrogen-bond donors (Lipinski definition) is 0. The van der Waals surface area contributed by atoms with Crippen molar-refractivity contribution < 1.29 is 4.42 Å². The number of hydrogen-bond acceptors (Lipinski definition) is 2. The van der Waals surface area contributed by atoms with E-state index < -0.39 is 0 Å². The number of fused-ring (bicyclic) bond motifs is 6. The standard InChI is InChI=1S/C62H41NO/c1-4-18-42(19-5-1)43-36-38-49(39-37-43)63(58-35-17-34-57-56-33-16-32-51(61(56)64-62(57)58)44-20-6-2-7-21-44)50-27-15-25-47(41-50)46-24-14-26-48(40-46)60-55-31-13-11-29-53(55)52-28-10-12-30-54(52)59(60)45-22-8-3-9-23-45/h1-41H. The van der Waals surface area contributed by atoms with Crippen LogP contribution >= 0.6 is 0 Å². The molecule has 64 heavy (non-hydrogen) atoms. The molecule has 300 valence electrons. The summed E-state index contributed by atoms with van der Waals surface area (Å²) in [6.45, 7) is 0. The van der Waals surface area contributed by atoms with E-state index in [2.05, 4.69) is 254 Å². The average molecular weight is 816 g/mol. The first-order valence-corrected chi connectivity index (χ1v) is 21.9. The van der Waals surface area contributed by atoms with Crippen molar-refractivity contribution in [3.63, 3.8) is 0 Å². The van der Waals surface area contributed by atoms with Gasteiger partial charge >= 0.3 is 0 Å². The predicted molar refractivity (Wildman–Crippen MR) is 271 cm³/mol. The van der Waals surface area contributed by atoms with Crippen molar-refractivity contribution in [3.8, 4) is 55.6 Å². The van der Waals surface area contributed by atoms with Gasteiger partial charge in [0.1, 0.15) is 5.58 Å². The van der Waals surface area contributed by atoms with Crippen LogP contribution in [0.15, 0.2) is 253 Å². The summed E-state index contributed by atoms with van der Waals surface area (Å²) in [5, 5.41) is 7.18. The molecular weight excluding hydrogens is 775 g/mol. The van der Waals surface area contributed by atoms with Gasteiger partial charge in [-0.25, -0.2) is 0 Å². The maximum Gasteiger partial charge on any atom is 0.159 e. The summed E-state index contributed by atoms with van der Waals surface area (Å²) in [6, 6.07) is 89.5. The quantitative estimate of drug-likeness (QED) is 0.142. The van der Waals surface area contributed by atoms with Gasteiger partial charge < -0.3 is 9.32 Å². The summed E-state index contributed by atoms with van der Waals surface area (Å²) in [5.41, 5.74) is 16.5. The third-order valence-corrected chi connectivity index (χ3v) is 12.6. The molecule has 0 saturated heterocycles. The SMILES string of the molecule is c1ccc(-c2ccc(N(c3cccc(-c4cccc(-c5c(-c6ccccc6)c6ccccc6c6ccccc56)c4)c3)c3cccc4c3oc3c(-c5ccccc5)cccc34)cc2)cc1. The summed E-state index contributed by atoms with van der Waals surface area (Å²) in [5.74, 6) is 0.